The van der Waals surface area contributed by atoms with Crippen molar-refractivity contribution in [3.8, 4) is 5.75 Å². The van der Waals surface area contributed by atoms with Crippen LogP contribution in [0.25, 0.3) is 0 Å². The van der Waals surface area contributed by atoms with Crippen molar-refractivity contribution in [3.05, 3.63) is 57.6 Å². The number of benzene rings is 2. The van der Waals surface area contributed by atoms with Crippen LogP contribution in [0, 0.1) is 6.92 Å². The lowest BCUT2D eigenvalue weighted by Crippen LogP contribution is -2.04. The molecule has 0 aliphatic rings. The number of aryl methyl sites for hydroxylation is 1. The molecule has 2 nitrogen and oxygen atoms in total. The van der Waals surface area contributed by atoms with Crippen LogP contribution in [-0.2, 0) is 6.54 Å². The van der Waals surface area contributed by atoms with E-state index in [1.165, 1.54) is 17.7 Å². The second-order valence-electron chi connectivity index (χ2n) is 4.49. The van der Waals surface area contributed by atoms with E-state index in [2.05, 4.69) is 10.1 Å². The number of rotatable bonds is 5. The fraction of sp³-hybridized carbons (Fsp3) is 0.200. The molecule has 0 saturated carbocycles. The molecule has 2 aromatic carbocycles. The molecule has 0 aromatic heterocycles. The molecule has 0 spiro atoms. The summed E-state index contributed by atoms with van der Waals surface area (Å²) < 4.78 is 28.7. The van der Waals surface area contributed by atoms with Crippen LogP contribution in [0.4, 0.5) is 14.5 Å². The van der Waals surface area contributed by atoms with Crippen molar-refractivity contribution in [3.63, 3.8) is 0 Å². The van der Waals surface area contributed by atoms with Gasteiger partial charge in [0.1, 0.15) is 0 Å². The highest BCUT2D eigenvalue weighted by Gasteiger charge is 2.14. The Bertz CT molecular complexity index is 595. The molecule has 1 N–H and O–H groups in total. The third kappa shape index (κ3) is 4.48. The van der Waals surface area contributed by atoms with Gasteiger partial charge in [-0.3, -0.25) is 0 Å². The molecule has 0 heterocycles. The summed E-state index contributed by atoms with van der Waals surface area (Å²) in [6.45, 7) is -0.383. The molecule has 21 heavy (non-hydrogen) atoms. The summed E-state index contributed by atoms with van der Waals surface area (Å²) in [6, 6.07) is 11.0. The second kappa shape index (κ2) is 6.96. The maximum absolute atomic E-state index is 12.2. The number of ether oxygens (including phenoxy) is 1. The van der Waals surface area contributed by atoms with Gasteiger partial charge in [0.25, 0.3) is 0 Å². The summed E-state index contributed by atoms with van der Waals surface area (Å²) >= 11 is 11.8. The van der Waals surface area contributed by atoms with E-state index < -0.39 is 6.61 Å². The molecule has 0 radical (unpaired) electrons. The Labute approximate surface area is 131 Å². The number of anilines is 1. The summed E-state index contributed by atoms with van der Waals surface area (Å²) in [5.41, 5.74) is 2.89. The van der Waals surface area contributed by atoms with Gasteiger partial charge in [-0.25, -0.2) is 0 Å². The van der Waals surface area contributed by atoms with Crippen LogP contribution >= 0.6 is 23.2 Å². The van der Waals surface area contributed by atoms with Gasteiger partial charge in [0.05, 0.1) is 10.0 Å². The Morgan fingerprint density at radius 1 is 1.10 bits per heavy atom. The summed E-state index contributed by atoms with van der Waals surface area (Å²) in [4.78, 5) is 0. The molecule has 0 aliphatic carbocycles. The molecule has 6 heteroatoms. The van der Waals surface area contributed by atoms with Gasteiger partial charge in [0.2, 0.25) is 0 Å². The number of alkyl halides is 2. The average Bonchev–Trinajstić information content (AvgIpc) is 2.42. The Balaban J connectivity index is 2.09. The molecular formula is C15H13Cl2F2NO. The zero-order valence-corrected chi connectivity index (χ0v) is 12.7. The molecule has 0 fully saturated rings. The molecule has 0 amide bonds. The van der Waals surface area contributed by atoms with Gasteiger partial charge in [0.15, 0.2) is 5.75 Å². The smallest absolute Gasteiger partial charge is 0.387 e. The van der Waals surface area contributed by atoms with Crippen LogP contribution in [0.5, 0.6) is 5.75 Å². The van der Waals surface area contributed by atoms with Crippen molar-refractivity contribution in [2.75, 3.05) is 5.32 Å². The standard InChI is InChI=1S/C15H13Cl2F2NO/c1-9-2-4-10(5-3-9)8-20-11-6-12(16)14(13(17)7-11)21-15(18)19/h2-7,15,20H,8H2,1H3. The van der Waals surface area contributed by atoms with Gasteiger partial charge in [-0.2, -0.15) is 8.78 Å². The number of nitrogens with one attached hydrogen (secondary N) is 1. The zero-order chi connectivity index (χ0) is 15.4. The summed E-state index contributed by atoms with van der Waals surface area (Å²) in [7, 11) is 0. The van der Waals surface area contributed by atoms with Crippen molar-refractivity contribution in [1.82, 2.24) is 0 Å². The van der Waals surface area contributed by atoms with Crippen molar-refractivity contribution in [2.45, 2.75) is 20.1 Å². The van der Waals surface area contributed by atoms with E-state index in [1.54, 1.807) is 0 Å². The third-order valence-electron chi connectivity index (χ3n) is 2.82. The van der Waals surface area contributed by atoms with Gasteiger partial charge in [-0.05, 0) is 24.6 Å². The first kappa shape index (κ1) is 15.9. The van der Waals surface area contributed by atoms with Crippen LogP contribution in [0.1, 0.15) is 11.1 Å². The van der Waals surface area contributed by atoms with E-state index in [4.69, 9.17) is 23.2 Å². The van der Waals surface area contributed by atoms with E-state index in [9.17, 15) is 8.78 Å². The normalized spacial score (nSPS) is 10.8. The molecule has 112 valence electrons. The fourth-order valence-electron chi connectivity index (χ4n) is 1.77. The number of hydrogen-bond donors (Lipinski definition) is 1. The highest BCUT2D eigenvalue weighted by Crippen LogP contribution is 2.37. The molecule has 2 rings (SSSR count). The van der Waals surface area contributed by atoms with E-state index >= 15 is 0 Å². The first-order chi connectivity index (χ1) is 9.95. The van der Waals surface area contributed by atoms with Crippen LogP contribution < -0.4 is 10.1 Å². The largest absolute Gasteiger partial charge is 0.432 e. The minimum Gasteiger partial charge on any atom is -0.432 e. The minimum atomic E-state index is -2.97. The molecular weight excluding hydrogens is 319 g/mol. The number of hydrogen-bond acceptors (Lipinski definition) is 2. The van der Waals surface area contributed by atoms with Gasteiger partial charge in [-0.15, -0.1) is 0 Å². The predicted molar refractivity (Wildman–Crippen MR) is 81.6 cm³/mol. The lowest BCUT2D eigenvalue weighted by atomic mass is 10.1. The molecule has 0 aliphatic heterocycles. The van der Waals surface area contributed by atoms with Crippen LogP contribution in [0.2, 0.25) is 10.0 Å². The molecule has 0 unspecified atom stereocenters. The highest BCUT2D eigenvalue weighted by atomic mass is 35.5. The van der Waals surface area contributed by atoms with Crippen molar-refractivity contribution >= 4 is 28.9 Å². The van der Waals surface area contributed by atoms with E-state index in [1.807, 2.05) is 31.2 Å². The van der Waals surface area contributed by atoms with Crippen molar-refractivity contribution < 1.29 is 13.5 Å². The van der Waals surface area contributed by atoms with Crippen molar-refractivity contribution in [2.24, 2.45) is 0 Å². The Morgan fingerprint density at radius 2 is 1.67 bits per heavy atom. The van der Waals surface area contributed by atoms with Gasteiger partial charge in [0, 0.05) is 12.2 Å². The van der Waals surface area contributed by atoms with Crippen LogP contribution in [0.3, 0.4) is 0 Å². The first-order valence-corrected chi connectivity index (χ1v) is 6.94. The quantitative estimate of drug-likeness (QED) is 0.779. The summed E-state index contributed by atoms with van der Waals surface area (Å²) in [5.74, 6) is -0.214. The average molecular weight is 332 g/mol. The molecule has 0 saturated heterocycles. The minimum absolute atomic E-state index is 0.0363. The second-order valence-corrected chi connectivity index (χ2v) is 5.30. The Hall–Kier alpha value is -1.52. The molecule has 0 bridgehead atoms. The maximum Gasteiger partial charge on any atom is 0.387 e. The SMILES string of the molecule is Cc1ccc(CNc2cc(Cl)c(OC(F)F)c(Cl)c2)cc1. The van der Waals surface area contributed by atoms with Crippen molar-refractivity contribution in [1.29, 1.82) is 0 Å². The summed E-state index contributed by atoms with van der Waals surface area (Å²) in [5, 5.41) is 3.20. The lowest BCUT2D eigenvalue weighted by Gasteiger charge is -2.12. The highest BCUT2D eigenvalue weighted by molar-refractivity contribution is 6.37. The maximum atomic E-state index is 12.2. The number of halogens is 4. The third-order valence-corrected chi connectivity index (χ3v) is 3.38. The summed E-state index contributed by atoms with van der Waals surface area (Å²) in [6.07, 6.45) is 0. The monoisotopic (exact) mass is 331 g/mol. The van der Waals surface area contributed by atoms with Gasteiger partial charge < -0.3 is 10.1 Å². The van der Waals surface area contributed by atoms with E-state index in [0.717, 1.165) is 5.56 Å². The van der Waals surface area contributed by atoms with Crippen LogP contribution in [-0.4, -0.2) is 6.61 Å². The predicted octanol–water partition coefficient (Wildman–Crippen LogP) is 5.52. The molecule has 2 aromatic rings. The Kier molecular flexibility index (Phi) is 5.26. The van der Waals surface area contributed by atoms with E-state index in [-0.39, 0.29) is 15.8 Å². The molecule has 0 atom stereocenters. The lowest BCUT2D eigenvalue weighted by molar-refractivity contribution is -0.0497. The van der Waals surface area contributed by atoms with Gasteiger partial charge in [-0.1, -0.05) is 53.0 Å². The topological polar surface area (TPSA) is 21.3 Å². The van der Waals surface area contributed by atoms with E-state index in [0.29, 0.717) is 12.2 Å². The van der Waals surface area contributed by atoms with Crippen LogP contribution in [0.15, 0.2) is 36.4 Å². The zero-order valence-electron chi connectivity index (χ0n) is 11.2. The Morgan fingerprint density at radius 3 is 2.19 bits per heavy atom. The fourth-order valence-corrected chi connectivity index (χ4v) is 2.35. The van der Waals surface area contributed by atoms with Gasteiger partial charge >= 0.3 is 6.61 Å². The first-order valence-electron chi connectivity index (χ1n) is 6.19.